The summed E-state index contributed by atoms with van der Waals surface area (Å²) >= 11 is 2.20. The Balaban J connectivity index is 0.000000339. The maximum absolute atomic E-state index is 12.4. The Hall–Kier alpha value is -12.4. The van der Waals surface area contributed by atoms with Gasteiger partial charge in [-0.15, -0.1) is 18.8 Å². The third-order valence-corrected chi connectivity index (χ3v) is 19.2. The summed E-state index contributed by atoms with van der Waals surface area (Å²) in [5, 5.41) is 66.5. The fraction of sp³-hybridized carbons (Fsp3) is 0.305. The molecule has 3 saturated heterocycles. The fourth-order valence-electron chi connectivity index (χ4n) is 11.3. The van der Waals surface area contributed by atoms with Gasteiger partial charge in [0.15, 0.2) is 18.1 Å². The summed E-state index contributed by atoms with van der Waals surface area (Å²) in [7, 11) is 3.57. The van der Waals surface area contributed by atoms with Gasteiger partial charge >= 0.3 is 17.9 Å². The van der Waals surface area contributed by atoms with Crippen molar-refractivity contribution in [2.75, 3.05) is 100 Å². The average molecular weight is 1890 g/mol. The first-order valence-electron chi connectivity index (χ1n) is 39.8. The molecule has 3 aliphatic heterocycles. The van der Waals surface area contributed by atoms with Crippen LogP contribution in [0.2, 0.25) is 0 Å². The molecule has 33 heteroatoms. The van der Waals surface area contributed by atoms with E-state index in [1.807, 2.05) is 36.4 Å². The number of hydrogen-bond acceptors (Lipinski definition) is 26. The van der Waals surface area contributed by atoms with E-state index in [1.165, 1.54) is 65.6 Å². The van der Waals surface area contributed by atoms with Gasteiger partial charge < -0.3 is 80.6 Å². The Labute approximate surface area is 764 Å². The van der Waals surface area contributed by atoms with Crippen LogP contribution in [0.5, 0.6) is 0 Å². The monoisotopic (exact) mass is 1890 g/mol. The number of rotatable bonds is 22. The number of halogens is 2. The van der Waals surface area contributed by atoms with Crippen molar-refractivity contribution in [3.8, 4) is 47.9 Å². The van der Waals surface area contributed by atoms with Gasteiger partial charge in [-0.1, -0.05) is 90.0 Å². The van der Waals surface area contributed by atoms with Crippen LogP contribution in [0.4, 0.5) is 0 Å². The van der Waals surface area contributed by atoms with Gasteiger partial charge in [0.25, 0.3) is 29.5 Å². The smallest absolute Gasteiger partial charge is 0.331 e. The van der Waals surface area contributed by atoms with Crippen molar-refractivity contribution in [2.24, 2.45) is 5.90 Å². The molecular formula is C95H107ClIN9O22. The summed E-state index contributed by atoms with van der Waals surface area (Å²) in [6.07, 6.45) is 2.44. The number of aldehydes is 2. The van der Waals surface area contributed by atoms with Crippen molar-refractivity contribution in [1.82, 2.24) is 41.9 Å². The highest BCUT2D eigenvalue weighted by Gasteiger charge is 2.30. The Morgan fingerprint density at radius 1 is 0.414 bits per heavy atom. The number of nitrogens with zero attached hydrogens (tertiary/aromatic N) is 2. The normalized spacial score (nSPS) is 14.1. The molecule has 0 saturated carbocycles. The molecule has 11 rings (SSSR count). The zero-order valence-corrected chi connectivity index (χ0v) is 74.7. The molecule has 31 nitrogen and oxygen atoms in total. The van der Waals surface area contributed by atoms with Gasteiger partial charge in [0.05, 0.1) is 85.4 Å². The first kappa shape index (κ1) is 108. The number of aliphatic hydroxyl groups is 4. The van der Waals surface area contributed by atoms with Crippen molar-refractivity contribution in [3.63, 3.8) is 0 Å². The number of aliphatic hydroxyl groups excluding tert-OH is 4. The molecular weight excluding hydrogens is 1780 g/mol. The molecule has 128 heavy (non-hydrogen) atoms. The lowest BCUT2D eigenvalue weighted by Crippen LogP contribution is -2.51. The third kappa shape index (κ3) is 39.6. The van der Waals surface area contributed by atoms with Gasteiger partial charge in [0.1, 0.15) is 18.6 Å². The minimum absolute atomic E-state index is 0. The second kappa shape index (κ2) is 60.3. The van der Waals surface area contributed by atoms with E-state index >= 15 is 0 Å². The van der Waals surface area contributed by atoms with E-state index in [1.54, 1.807) is 133 Å². The minimum Gasteiger partial charge on any atom is -0.467 e. The van der Waals surface area contributed by atoms with Gasteiger partial charge in [-0.25, -0.2) is 25.8 Å². The van der Waals surface area contributed by atoms with Gasteiger partial charge in [0, 0.05) is 128 Å². The third-order valence-electron chi connectivity index (χ3n) is 18.5. The number of carbonyl (C=O) groups excluding carboxylic acids is 10. The van der Waals surface area contributed by atoms with E-state index < -0.39 is 96.0 Å². The molecule has 3 aliphatic rings. The molecule has 8 aromatic carbocycles. The number of morpholine rings is 3. The summed E-state index contributed by atoms with van der Waals surface area (Å²) in [6, 6.07) is 52.1. The van der Waals surface area contributed by atoms with E-state index in [0.717, 1.165) is 142 Å². The molecule has 0 spiro atoms. The van der Waals surface area contributed by atoms with Crippen molar-refractivity contribution in [2.45, 2.75) is 89.4 Å². The maximum atomic E-state index is 12.4. The second-order valence-electron chi connectivity index (χ2n) is 28.0. The highest BCUT2D eigenvalue weighted by molar-refractivity contribution is 14.1. The van der Waals surface area contributed by atoms with Gasteiger partial charge in [0.2, 0.25) is 0 Å². The van der Waals surface area contributed by atoms with Gasteiger partial charge in [-0.3, -0.25) is 48.6 Å². The van der Waals surface area contributed by atoms with Crippen LogP contribution in [0, 0.1) is 51.4 Å². The lowest BCUT2D eigenvalue weighted by molar-refractivity contribution is -0.146. The van der Waals surface area contributed by atoms with Crippen molar-refractivity contribution in [3.05, 3.63) is 281 Å². The lowest BCUT2D eigenvalue weighted by atomic mass is 10.1. The SMILES string of the molecule is C#Cc1ccc(C(=O)NC(C(=O)OC)[C@@H](C)O)cc1.C1COCCN1.COC(=O)C(NC(=O)c1ccc(C#Cc2ccc(C=O)cc2)cc1)[C@@H](C)O.COC(=O)C(NC(=O)c1ccc(C#Cc2ccc(CN3CCOCC3)cc2)cc1)[C@@H](C)O.C[C@@H](O)C(NC(=O)c1ccc(C#Cc2ccc(CN3CCOCC3)cc2)cc1)C(=O)NO.Cl.NO.O=Cc1ccc(I)cc1. The number of benzene rings is 8. The zero-order valence-electron chi connectivity index (χ0n) is 71.7. The summed E-state index contributed by atoms with van der Waals surface area (Å²) in [4.78, 5) is 121. The van der Waals surface area contributed by atoms with E-state index in [2.05, 4.69) is 145 Å². The predicted molar refractivity (Wildman–Crippen MR) is 488 cm³/mol. The first-order valence-corrected chi connectivity index (χ1v) is 40.9. The topological polar surface area (TPSA) is 452 Å². The summed E-state index contributed by atoms with van der Waals surface area (Å²) in [5.74, 6) is 19.2. The Morgan fingerprint density at radius 2 is 0.656 bits per heavy atom. The van der Waals surface area contributed by atoms with Gasteiger partial charge in [-0.05, 0) is 207 Å². The van der Waals surface area contributed by atoms with E-state index in [0.29, 0.717) is 38.9 Å². The number of ether oxygens (including phenoxy) is 6. The zero-order chi connectivity index (χ0) is 93.0. The number of hydrogen-bond donors (Lipinski definition) is 13. The number of carbonyl (C=O) groups is 10. The van der Waals surface area contributed by atoms with Gasteiger partial charge in [-0.2, -0.15) is 0 Å². The fourth-order valence-corrected chi connectivity index (χ4v) is 11.6. The molecule has 14 N–H and O–H groups in total. The van der Waals surface area contributed by atoms with Crippen molar-refractivity contribution < 1.29 is 107 Å². The highest BCUT2D eigenvalue weighted by Crippen LogP contribution is 2.16. The minimum atomic E-state index is -1.27. The number of hydroxylamine groups is 1. The Bertz CT molecular complexity index is 4860. The van der Waals surface area contributed by atoms with Crippen LogP contribution in [-0.2, 0) is 60.7 Å². The molecule has 8 aromatic rings. The number of terminal acetylenes is 1. The summed E-state index contributed by atoms with van der Waals surface area (Å²) in [6.45, 7) is 18.1. The average Bonchev–Trinajstić information content (AvgIpc) is 0.910. The van der Waals surface area contributed by atoms with E-state index in [4.69, 9.17) is 31.0 Å². The number of methoxy groups -OCH3 is 3. The molecule has 678 valence electrons. The van der Waals surface area contributed by atoms with Crippen LogP contribution in [0.1, 0.15) is 140 Å². The van der Waals surface area contributed by atoms with Crippen LogP contribution >= 0.6 is 35.0 Å². The quantitative estimate of drug-likeness (QED) is 0.00724. The van der Waals surface area contributed by atoms with Crippen molar-refractivity contribution >= 4 is 95.0 Å². The highest BCUT2D eigenvalue weighted by atomic mass is 127. The largest absolute Gasteiger partial charge is 0.467 e. The Morgan fingerprint density at radius 3 is 0.883 bits per heavy atom. The molecule has 3 heterocycles. The van der Waals surface area contributed by atoms with Crippen LogP contribution in [0.25, 0.3) is 0 Å². The molecule has 3 fully saturated rings. The van der Waals surface area contributed by atoms with Crippen LogP contribution < -0.4 is 38.0 Å². The van der Waals surface area contributed by atoms with E-state index in [9.17, 15) is 68.4 Å². The van der Waals surface area contributed by atoms with Crippen LogP contribution in [0.15, 0.2) is 194 Å². The lowest BCUT2D eigenvalue weighted by Gasteiger charge is -2.26. The summed E-state index contributed by atoms with van der Waals surface area (Å²) < 4.78 is 30.6. The summed E-state index contributed by atoms with van der Waals surface area (Å²) in [5.41, 5.74) is 12.0. The molecule has 0 radical (unpaired) electrons. The number of esters is 3. The maximum Gasteiger partial charge on any atom is 0.331 e. The standard InChI is InChI=1S/C25H28N2O5.C24H27N3O5.C21H19NO5.C14H15NO4.C7H5IO.C4H9NO.ClH.H3NO/c1-18(28)23(25(30)31-2)26-24(29)22-11-9-20(10-12-22)4-3-19-5-7-21(8-6-19)17-27-13-15-32-16-14-27;1-17(28)22(24(30)26-31)25-23(29)21-10-8-19(9-11-21)3-2-18-4-6-20(7-5-18)16-27-12-14-32-15-13-27;1-14(24)19(21(26)27-2)22-20(25)18-11-9-16(10-12-18)4-3-15-5-7-17(13-23)8-6-15;1-4-10-5-7-11(8-6-10)13(17)15-12(9(2)16)14(18)19-3;8-7-3-1-6(5-9)2-4-7;1-3-6-4-2-5-1;;1-2/h5-12,18,23,28H,13-17H2,1-2H3,(H,26,29);4-11,17,22,28,31H,12-16H2,1H3,(H,25,29)(H,26,30);5-14,19,24H,1-2H3,(H,22,25);1,5-9,12,16H,2-3H3,(H,15,17);1-5H;5H,1-4H2;1H;2H,1H2/t18-,23?;17-,22?;14-,19?;9-,12?;;;;/m1111..../s1. The van der Waals surface area contributed by atoms with Crippen molar-refractivity contribution in [1.29, 1.82) is 0 Å². The molecule has 0 aliphatic carbocycles. The van der Waals surface area contributed by atoms with E-state index in [-0.39, 0.29) is 12.4 Å². The number of amides is 5. The number of nitrogens with two attached hydrogens (primary N) is 1. The molecule has 0 bridgehead atoms. The number of nitrogens with one attached hydrogen (secondary N) is 6. The molecule has 8 atom stereocenters. The molecule has 5 amide bonds. The Kier molecular flexibility index (Phi) is 50.9. The molecule has 0 aromatic heterocycles. The van der Waals surface area contributed by atoms with Crippen LogP contribution in [0.3, 0.4) is 0 Å². The first-order chi connectivity index (χ1) is 61.2. The predicted octanol–water partition coefficient (Wildman–Crippen LogP) is 5.81. The molecule has 4 unspecified atom stereocenters. The second-order valence-corrected chi connectivity index (χ2v) is 29.2. The van der Waals surface area contributed by atoms with Crippen LogP contribution in [-0.4, -0.2) is 249 Å².